The molecule has 0 aliphatic carbocycles. The van der Waals surface area contributed by atoms with Gasteiger partial charge in [-0.3, -0.25) is 9.80 Å². The van der Waals surface area contributed by atoms with Gasteiger partial charge >= 0.3 is 0 Å². The summed E-state index contributed by atoms with van der Waals surface area (Å²) in [5.41, 5.74) is 7.07. The Morgan fingerprint density at radius 1 is 0.609 bits per heavy atom. The van der Waals surface area contributed by atoms with Crippen LogP contribution in [0.1, 0.15) is 52.9 Å². The molecule has 0 aromatic heterocycles. The summed E-state index contributed by atoms with van der Waals surface area (Å²) < 4.78 is 23.4. The quantitative estimate of drug-likeness (QED) is 0.204. The summed E-state index contributed by atoms with van der Waals surface area (Å²) in [5.74, 6) is 3.38. The molecule has 46 heavy (non-hydrogen) atoms. The summed E-state index contributed by atoms with van der Waals surface area (Å²) in [6, 6.07) is 21.6. The lowest BCUT2D eigenvalue weighted by Crippen LogP contribution is -2.33. The van der Waals surface area contributed by atoms with Crippen LogP contribution >= 0.6 is 0 Å². The van der Waals surface area contributed by atoms with Gasteiger partial charge in [-0.05, 0) is 122 Å². The van der Waals surface area contributed by atoms with E-state index in [4.69, 9.17) is 18.9 Å². The molecule has 244 valence electrons. The van der Waals surface area contributed by atoms with Crippen LogP contribution in [-0.4, -0.2) is 68.5 Å². The zero-order chi connectivity index (χ0) is 31.7. The van der Waals surface area contributed by atoms with Gasteiger partial charge in [-0.15, -0.1) is 0 Å². The van der Waals surface area contributed by atoms with E-state index in [0.717, 1.165) is 61.4 Å². The van der Waals surface area contributed by atoms with Crippen molar-refractivity contribution in [1.82, 2.24) is 9.80 Å². The number of likely N-dealkylation sites (N-methyl/N-ethyl adjacent to an activating group) is 2. The van der Waals surface area contributed by atoms with Crippen molar-refractivity contribution in [2.24, 2.45) is 0 Å². The largest absolute Gasteiger partial charge is 0.508 e. The van der Waals surface area contributed by atoms with Crippen LogP contribution in [0.5, 0.6) is 40.2 Å². The number of hydrogen-bond donors (Lipinski definition) is 2. The first-order valence-electron chi connectivity index (χ1n) is 15.4. The van der Waals surface area contributed by atoms with Gasteiger partial charge < -0.3 is 29.2 Å². The summed E-state index contributed by atoms with van der Waals surface area (Å²) in [4.78, 5) is 4.71. The van der Waals surface area contributed by atoms with Crippen molar-refractivity contribution >= 4 is 0 Å². The summed E-state index contributed by atoms with van der Waals surface area (Å²) in [6.45, 7) is 1.86. The van der Waals surface area contributed by atoms with Gasteiger partial charge in [0.1, 0.15) is 5.75 Å². The number of ether oxygens (including phenoxy) is 4. The summed E-state index contributed by atoms with van der Waals surface area (Å²) in [6.07, 6.45) is 3.37. The third kappa shape index (κ3) is 6.59. The first-order valence-corrected chi connectivity index (χ1v) is 15.4. The first kappa shape index (κ1) is 33.0. The zero-order valence-electron chi connectivity index (χ0n) is 26.7. The molecule has 0 unspecified atom stereocenters. The van der Waals surface area contributed by atoms with E-state index in [1.165, 1.54) is 22.3 Å². The van der Waals surface area contributed by atoms with E-state index in [1.54, 1.807) is 39.5 Å². The van der Waals surface area contributed by atoms with Crippen molar-refractivity contribution in [1.29, 1.82) is 0 Å². The van der Waals surface area contributed by atoms with Crippen LogP contribution in [0.4, 0.5) is 0 Å². The van der Waals surface area contributed by atoms with E-state index in [9.17, 15) is 10.2 Å². The van der Waals surface area contributed by atoms with E-state index >= 15 is 0 Å². The number of rotatable bonds is 9. The second-order valence-corrected chi connectivity index (χ2v) is 12.1. The third-order valence-corrected chi connectivity index (χ3v) is 9.36. The summed E-state index contributed by atoms with van der Waals surface area (Å²) in [5, 5.41) is 20.7. The molecular formula is C38H46N2O6. The summed E-state index contributed by atoms with van der Waals surface area (Å²) >= 11 is 0. The predicted octanol–water partition coefficient (Wildman–Crippen LogP) is 7.10. The topological polar surface area (TPSA) is 83.9 Å². The van der Waals surface area contributed by atoms with Gasteiger partial charge in [0.05, 0.1) is 21.3 Å². The minimum atomic E-state index is 0. The molecule has 4 aromatic carbocycles. The molecule has 2 heterocycles. The van der Waals surface area contributed by atoms with Gasteiger partial charge in [-0.2, -0.15) is 0 Å². The number of phenols is 2. The number of nitrogens with zero attached hydrogens (tertiary/aromatic N) is 2. The van der Waals surface area contributed by atoms with Gasteiger partial charge in [0, 0.05) is 25.2 Å². The minimum Gasteiger partial charge on any atom is -0.508 e. The fraction of sp³-hybridized carbons (Fsp3) is 0.368. The highest BCUT2D eigenvalue weighted by atomic mass is 16.5. The molecule has 6 rings (SSSR count). The van der Waals surface area contributed by atoms with E-state index in [-0.39, 0.29) is 31.0 Å². The Labute approximate surface area is 272 Å². The van der Waals surface area contributed by atoms with Crippen LogP contribution in [0.2, 0.25) is 0 Å². The molecule has 8 heteroatoms. The lowest BCUT2D eigenvalue weighted by Gasteiger charge is -2.35. The molecule has 0 bridgehead atoms. The molecule has 0 amide bonds. The summed E-state index contributed by atoms with van der Waals surface area (Å²) in [7, 11) is 9.26. The minimum absolute atomic E-state index is 0. The fourth-order valence-electron chi connectivity index (χ4n) is 6.72. The van der Waals surface area contributed by atoms with Crippen molar-refractivity contribution in [2.45, 2.75) is 45.2 Å². The van der Waals surface area contributed by atoms with Crippen molar-refractivity contribution in [3.63, 3.8) is 0 Å². The highest BCUT2D eigenvalue weighted by Gasteiger charge is 2.29. The number of hydrogen-bond acceptors (Lipinski definition) is 8. The van der Waals surface area contributed by atoms with E-state index < -0.39 is 0 Å². The highest BCUT2D eigenvalue weighted by Crippen LogP contribution is 2.44. The Morgan fingerprint density at radius 2 is 1.09 bits per heavy atom. The van der Waals surface area contributed by atoms with Crippen molar-refractivity contribution in [2.75, 3.05) is 48.5 Å². The van der Waals surface area contributed by atoms with Crippen LogP contribution in [-0.2, 0) is 25.7 Å². The highest BCUT2D eigenvalue weighted by molar-refractivity contribution is 5.54. The van der Waals surface area contributed by atoms with Crippen LogP contribution in [0.15, 0.2) is 66.7 Å². The normalized spacial score (nSPS) is 17.8. The maximum absolute atomic E-state index is 10.9. The van der Waals surface area contributed by atoms with Crippen molar-refractivity contribution in [3.05, 3.63) is 100 Å². The average molecular weight is 627 g/mol. The number of methoxy groups -OCH3 is 3. The van der Waals surface area contributed by atoms with E-state index in [1.807, 2.05) is 24.3 Å². The molecule has 2 atom stereocenters. The molecule has 0 fully saturated rings. The maximum atomic E-state index is 10.9. The lowest BCUT2D eigenvalue weighted by atomic mass is 9.88. The van der Waals surface area contributed by atoms with Gasteiger partial charge in [-0.1, -0.05) is 25.6 Å². The van der Waals surface area contributed by atoms with Gasteiger partial charge in [0.2, 0.25) is 0 Å². The molecule has 0 saturated heterocycles. The van der Waals surface area contributed by atoms with Crippen molar-refractivity contribution in [3.8, 4) is 40.2 Å². The standard InChI is InChI=1S/C37H42N2O6.CH4/c1-38-14-13-26-20-35(43-4)37(22-29(26)30(38)16-23-6-9-27(40)10-7-23)45-33-18-24(8-11-32(33)41)17-31-28-21-36(44-5)34(42-3)19-25(28)12-15-39(31)2;/h6-11,18-22,30-31,40-41H,12-17H2,1-5H3;1H4/t30-,31-;/m1./s1. The van der Waals surface area contributed by atoms with E-state index in [0.29, 0.717) is 17.2 Å². The number of phenolic OH excluding ortho intramolecular Hbond substituents is 2. The molecule has 0 saturated carbocycles. The lowest BCUT2D eigenvalue weighted by molar-refractivity contribution is 0.227. The Bertz CT molecular complexity index is 1670. The molecule has 2 N–H and O–H groups in total. The average Bonchev–Trinajstić information content (AvgIpc) is 3.05. The second kappa shape index (κ2) is 13.9. The van der Waals surface area contributed by atoms with E-state index in [2.05, 4.69) is 48.2 Å². The molecular weight excluding hydrogens is 580 g/mol. The monoisotopic (exact) mass is 626 g/mol. The molecule has 8 nitrogen and oxygen atoms in total. The SMILES string of the molecule is C.COc1cc2c(cc1OC)[C@@H](Cc1ccc(O)c(Oc3cc4c(cc3OC)CCN(C)[C@@H]4Cc3ccc(O)cc3)c1)N(C)CC2. The van der Waals surface area contributed by atoms with Gasteiger partial charge in [0.25, 0.3) is 0 Å². The predicted molar refractivity (Wildman–Crippen MR) is 181 cm³/mol. The first-order chi connectivity index (χ1) is 21.8. The van der Waals surface area contributed by atoms with Gasteiger partial charge in [0.15, 0.2) is 34.5 Å². The zero-order valence-corrected chi connectivity index (χ0v) is 26.7. The fourth-order valence-corrected chi connectivity index (χ4v) is 6.72. The Balaban J connectivity index is 0.00000417. The third-order valence-electron chi connectivity index (χ3n) is 9.36. The Morgan fingerprint density at radius 3 is 1.65 bits per heavy atom. The van der Waals surface area contributed by atoms with Crippen LogP contribution < -0.4 is 18.9 Å². The molecule has 2 aliphatic rings. The van der Waals surface area contributed by atoms with Crippen LogP contribution in [0.3, 0.4) is 0 Å². The maximum Gasteiger partial charge on any atom is 0.169 e. The Kier molecular flexibility index (Phi) is 9.99. The molecule has 0 radical (unpaired) electrons. The van der Waals surface area contributed by atoms with Gasteiger partial charge in [-0.25, -0.2) is 0 Å². The number of aromatic hydroxyl groups is 2. The van der Waals surface area contributed by atoms with Crippen molar-refractivity contribution < 1.29 is 29.2 Å². The number of fused-ring (bicyclic) bond motifs is 2. The van der Waals surface area contributed by atoms with Crippen LogP contribution in [0, 0.1) is 0 Å². The molecule has 0 spiro atoms. The second-order valence-electron chi connectivity index (χ2n) is 12.1. The Hall–Kier alpha value is -4.40. The molecule has 2 aliphatic heterocycles. The van der Waals surface area contributed by atoms with Crippen LogP contribution in [0.25, 0.3) is 0 Å². The molecule has 4 aromatic rings. The smallest absolute Gasteiger partial charge is 0.169 e. The number of benzene rings is 4.